The lowest BCUT2D eigenvalue weighted by atomic mass is 9.88. The van der Waals surface area contributed by atoms with E-state index in [0.717, 1.165) is 18.5 Å². The van der Waals surface area contributed by atoms with Crippen LogP contribution in [0.1, 0.15) is 41.0 Å². The minimum atomic E-state index is 0.609. The summed E-state index contributed by atoms with van der Waals surface area (Å²) in [7, 11) is 0. The van der Waals surface area contributed by atoms with Crippen molar-refractivity contribution in [2.75, 3.05) is 6.54 Å². The Bertz CT molecular complexity index is 714. The first-order valence-corrected chi connectivity index (χ1v) is 8.16. The van der Waals surface area contributed by atoms with E-state index in [2.05, 4.69) is 53.4 Å². The Morgan fingerprint density at radius 2 is 2.00 bits per heavy atom. The van der Waals surface area contributed by atoms with Gasteiger partial charge >= 0.3 is 0 Å². The van der Waals surface area contributed by atoms with E-state index in [4.69, 9.17) is 5.26 Å². The fourth-order valence-electron chi connectivity index (χ4n) is 4.20. The van der Waals surface area contributed by atoms with Gasteiger partial charge in [0, 0.05) is 18.5 Å². The van der Waals surface area contributed by atoms with Crippen LogP contribution in [0.25, 0.3) is 0 Å². The molecule has 2 unspecified atom stereocenters. The first-order valence-electron chi connectivity index (χ1n) is 8.16. The van der Waals surface area contributed by atoms with Crippen LogP contribution in [0.5, 0.6) is 0 Å². The lowest BCUT2D eigenvalue weighted by Gasteiger charge is -2.38. The molecule has 0 amide bonds. The minimum absolute atomic E-state index is 0.609. The summed E-state index contributed by atoms with van der Waals surface area (Å²) in [4.78, 5) is 2.65. The smallest absolute Gasteiger partial charge is 0.0991 e. The number of benzene rings is 2. The largest absolute Gasteiger partial charge is 0.295 e. The van der Waals surface area contributed by atoms with Crippen LogP contribution in [0.4, 0.5) is 0 Å². The standard InChI is InChI=1S/C20H20N2/c21-13-16-8-9-17-12-20-18(19(17)11-16)7-4-10-22(20)14-15-5-2-1-3-6-15/h1-3,5-6,8-9,11,18,20H,4,7,10,12,14H2. The third-order valence-electron chi connectivity index (χ3n) is 5.23. The van der Waals surface area contributed by atoms with Crippen LogP contribution in [-0.4, -0.2) is 17.5 Å². The van der Waals surface area contributed by atoms with Gasteiger partial charge in [0.2, 0.25) is 0 Å². The molecule has 1 fully saturated rings. The van der Waals surface area contributed by atoms with E-state index >= 15 is 0 Å². The molecule has 1 saturated heterocycles. The molecule has 1 aliphatic heterocycles. The van der Waals surface area contributed by atoms with Crippen molar-refractivity contribution in [3.63, 3.8) is 0 Å². The van der Waals surface area contributed by atoms with Gasteiger partial charge in [-0.05, 0) is 54.6 Å². The second kappa shape index (κ2) is 5.59. The highest BCUT2D eigenvalue weighted by molar-refractivity contribution is 5.44. The number of nitrogens with zero attached hydrogens (tertiary/aromatic N) is 2. The average molecular weight is 288 g/mol. The number of nitriles is 1. The van der Waals surface area contributed by atoms with Crippen LogP contribution < -0.4 is 0 Å². The second-order valence-corrected chi connectivity index (χ2v) is 6.50. The predicted octanol–water partition coefficient (Wildman–Crippen LogP) is 3.86. The second-order valence-electron chi connectivity index (χ2n) is 6.50. The molecule has 0 N–H and O–H groups in total. The van der Waals surface area contributed by atoms with Gasteiger partial charge in [0.25, 0.3) is 0 Å². The third-order valence-corrected chi connectivity index (χ3v) is 5.23. The third kappa shape index (κ3) is 2.32. The Labute approximate surface area is 132 Å². The maximum atomic E-state index is 9.15. The van der Waals surface area contributed by atoms with E-state index in [1.54, 1.807) is 0 Å². The predicted molar refractivity (Wildman–Crippen MR) is 87.5 cm³/mol. The molecule has 110 valence electrons. The van der Waals surface area contributed by atoms with Crippen LogP contribution in [0.3, 0.4) is 0 Å². The minimum Gasteiger partial charge on any atom is -0.295 e. The summed E-state index contributed by atoms with van der Waals surface area (Å²) in [5.41, 5.74) is 5.09. The van der Waals surface area contributed by atoms with Gasteiger partial charge in [-0.1, -0.05) is 36.4 Å². The monoisotopic (exact) mass is 288 g/mol. The van der Waals surface area contributed by atoms with Gasteiger partial charge in [-0.3, -0.25) is 4.90 Å². The Morgan fingerprint density at radius 3 is 2.82 bits per heavy atom. The molecular formula is C20H20N2. The van der Waals surface area contributed by atoms with Gasteiger partial charge in [0.1, 0.15) is 0 Å². The molecule has 0 aromatic heterocycles. The van der Waals surface area contributed by atoms with Crippen LogP contribution >= 0.6 is 0 Å². The zero-order valence-electron chi connectivity index (χ0n) is 12.7. The average Bonchev–Trinajstić information content (AvgIpc) is 2.95. The molecule has 1 aliphatic carbocycles. The topological polar surface area (TPSA) is 27.0 Å². The van der Waals surface area contributed by atoms with Crippen molar-refractivity contribution in [2.24, 2.45) is 0 Å². The quantitative estimate of drug-likeness (QED) is 0.839. The lowest BCUT2D eigenvalue weighted by molar-refractivity contribution is 0.129. The van der Waals surface area contributed by atoms with E-state index in [1.807, 2.05) is 6.07 Å². The van der Waals surface area contributed by atoms with Gasteiger partial charge in [-0.25, -0.2) is 0 Å². The van der Waals surface area contributed by atoms with Crippen molar-refractivity contribution in [1.29, 1.82) is 5.26 Å². The zero-order valence-corrected chi connectivity index (χ0v) is 12.7. The van der Waals surface area contributed by atoms with Crippen LogP contribution in [-0.2, 0) is 13.0 Å². The highest BCUT2D eigenvalue weighted by atomic mass is 15.2. The molecule has 0 saturated carbocycles. The fraction of sp³-hybridized carbons (Fsp3) is 0.350. The molecule has 2 heteroatoms. The lowest BCUT2D eigenvalue weighted by Crippen LogP contribution is -2.42. The number of likely N-dealkylation sites (tertiary alicyclic amines) is 1. The summed E-state index contributed by atoms with van der Waals surface area (Å²) in [6, 6.07) is 19.9. The first kappa shape index (κ1) is 13.5. The molecule has 2 atom stereocenters. The fourth-order valence-corrected chi connectivity index (χ4v) is 4.20. The molecule has 0 bridgehead atoms. The van der Waals surface area contributed by atoms with E-state index < -0.39 is 0 Å². The Hall–Kier alpha value is -2.11. The van der Waals surface area contributed by atoms with E-state index in [-0.39, 0.29) is 0 Å². The first-order chi connectivity index (χ1) is 10.8. The highest BCUT2D eigenvalue weighted by Crippen LogP contribution is 2.42. The van der Waals surface area contributed by atoms with Crippen LogP contribution in [0.15, 0.2) is 48.5 Å². The molecule has 2 nitrogen and oxygen atoms in total. The molecule has 2 aromatic carbocycles. The Morgan fingerprint density at radius 1 is 1.14 bits per heavy atom. The number of fused-ring (bicyclic) bond motifs is 3. The van der Waals surface area contributed by atoms with Gasteiger partial charge in [0.05, 0.1) is 11.6 Å². The Balaban J connectivity index is 1.60. The van der Waals surface area contributed by atoms with Gasteiger partial charge in [0.15, 0.2) is 0 Å². The van der Waals surface area contributed by atoms with Crippen molar-refractivity contribution >= 4 is 0 Å². The van der Waals surface area contributed by atoms with Gasteiger partial charge in [-0.2, -0.15) is 5.26 Å². The van der Waals surface area contributed by atoms with Crippen molar-refractivity contribution in [2.45, 2.75) is 37.8 Å². The summed E-state index contributed by atoms with van der Waals surface area (Å²) in [6.07, 6.45) is 3.65. The summed E-state index contributed by atoms with van der Waals surface area (Å²) in [5, 5.41) is 9.15. The van der Waals surface area contributed by atoms with Gasteiger partial charge < -0.3 is 0 Å². The van der Waals surface area contributed by atoms with Crippen molar-refractivity contribution in [3.05, 3.63) is 70.8 Å². The molecule has 0 spiro atoms. The maximum Gasteiger partial charge on any atom is 0.0991 e. The number of hydrogen-bond acceptors (Lipinski definition) is 2. The molecule has 22 heavy (non-hydrogen) atoms. The van der Waals surface area contributed by atoms with Crippen molar-refractivity contribution in [3.8, 4) is 6.07 Å². The molecule has 2 aromatic rings. The van der Waals surface area contributed by atoms with E-state index in [0.29, 0.717) is 12.0 Å². The normalized spacial score (nSPS) is 23.6. The summed E-state index contributed by atoms with van der Waals surface area (Å²) in [6.45, 7) is 2.23. The summed E-state index contributed by atoms with van der Waals surface area (Å²) >= 11 is 0. The zero-order chi connectivity index (χ0) is 14.9. The van der Waals surface area contributed by atoms with E-state index in [9.17, 15) is 0 Å². The molecule has 2 aliphatic rings. The summed E-state index contributed by atoms with van der Waals surface area (Å²) < 4.78 is 0. The highest BCUT2D eigenvalue weighted by Gasteiger charge is 2.38. The Kier molecular flexibility index (Phi) is 3.44. The number of rotatable bonds is 2. The van der Waals surface area contributed by atoms with Gasteiger partial charge in [-0.15, -0.1) is 0 Å². The number of hydrogen-bond donors (Lipinski definition) is 0. The number of piperidine rings is 1. The van der Waals surface area contributed by atoms with Crippen LogP contribution in [0, 0.1) is 11.3 Å². The maximum absolute atomic E-state index is 9.15. The summed E-state index contributed by atoms with van der Waals surface area (Å²) in [5.74, 6) is 0.612. The molecule has 1 heterocycles. The van der Waals surface area contributed by atoms with Crippen molar-refractivity contribution in [1.82, 2.24) is 4.90 Å². The van der Waals surface area contributed by atoms with Crippen LogP contribution in [0.2, 0.25) is 0 Å². The molecule has 4 rings (SSSR count). The van der Waals surface area contributed by atoms with E-state index in [1.165, 1.54) is 36.1 Å². The SMILES string of the molecule is N#Cc1ccc2c(c1)C1CCCN(Cc3ccccc3)C1C2. The molecular weight excluding hydrogens is 268 g/mol. The van der Waals surface area contributed by atoms with Crippen molar-refractivity contribution < 1.29 is 0 Å². The molecule has 0 radical (unpaired) electrons.